The summed E-state index contributed by atoms with van der Waals surface area (Å²) >= 11 is -1.10. The predicted octanol–water partition coefficient (Wildman–Crippen LogP) is 2.59. The van der Waals surface area contributed by atoms with Crippen molar-refractivity contribution in [3.63, 3.8) is 0 Å². The molecule has 2 unspecified atom stereocenters. The van der Waals surface area contributed by atoms with Crippen molar-refractivity contribution in [2.75, 3.05) is 5.73 Å². The highest BCUT2D eigenvalue weighted by atomic mass is 32.2. The Labute approximate surface area is 118 Å². The van der Waals surface area contributed by atoms with E-state index in [-0.39, 0.29) is 0 Å². The van der Waals surface area contributed by atoms with Crippen LogP contribution in [0, 0.1) is 0 Å². The van der Waals surface area contributed by atoms with Crippen LogP contribution in [0.1, 0.15) is 13.8 Å². The summed E-state index contributed by atoms with van der Waals surface area (Å²) < 4.78 is 12.7. The highest BCUT2D eigenvalue weighted by Gasteiger charge is 2.37. The molecule has 2 aromatic rings. The number of anilines is 1. The van der Waals surface area contributed by atoms with E-state index in [1.54, 1.807) is 0 Å². The fraction of sp³-hybridized carbons (Fsp3) is 0.200. The first kappa shape index (κ1) is 13.0. The second-order valence-electron chi connectivity index (χ2n) is 4.89. The van der Waals surface area contributed by atoms with E-state index in [1.165, 1.54) is 5.30 Å². The molecule has 0 aliphatic carbocycles. The van der Waals surface area contributed by atoms with Gasteiger partial charge in [0.15, 0.2) is 9.79 Å². The molecule has 0 aromatic heterocycles. The number of rotatable bonds is 1. The highest BCUT2D eigenvalue weighted by Crippen LogP contribution is 2.48. The summed E-state index contributed by atoms with van der Waals surface area (Å²) in [6.45, 7) is 4.43. The number of hydrogen-bond donors (Lipinski definition) is 1. The molecular formula is C15H16NOPS. The molecule has 0 fully saturated rings. The number of hydrogen-bond acceptors (Lipinski definition) is 2. The van der Waals surface area contributed by atoms with Crippen LogP contribution in [0.25, 0.3) is 0 Å². The molecule has 4 heteroatoms. The Morgan fingerprint density at radius 1 is 1.05 bits per heavy atom. The van der Waals surface area contributed by atoms with Crippen molar-refractivity contribution < 1.29 is 4.55 Å². The van der Waals surface area contributed by atoms with Crippen molar-refractivity contribution in [1.82, 2.24) is 0 Å². The van der Waals surface area contributed by atoms with Gasteiger partial charge in [-0.25, -0.2) is 0 Å². The molecular weight excluding hydrogens is 273 g/mol. The van der Waals surface area contributed by atoms with Crippen LogP contribution in [-0.2, 0) is 11.2 Å². The van der Waals surface area contributed by atoms with E-state index in [4.69, 9.17) is 5.73 Å². The molecule has 0 saturated heterocycles. The van der Waals surface area contributed by atoms with Crippen LogP contribution < -0.4 is 16.3 Å². The first-order valence-electron chi connectivity index (χ1n) is 6.30. The normalized spacial score (nSPS) is 21.1. The van der Waals surface area contributed by atoms with Crippen molar-refractivity contribution in [2.45, 2.75) is 29.3 Å². The van der Waals surface area contributed by atoms with E-state index in [9.17, 15) is 4.55 Å². The molecule has 3 rings (SSSR count). The summed E-state index contributed by atoms with van der Waals surface area (Å²) in [5, 5.41) is 2.33. The quantitative estimate of drug-likeness (QED) is 0.498. The standard InChI is InChI=1S/C15H16NOPS/c1-10(2)18-12-7-3-4-8-13(12)19(17)14-9-5-6-11(16)15(14)18/h3-10H,16H2,1-2H3. The van der Waals surface area contributed by atoms with Gasteiger partial charge in [0.25, 0.3) is 0 Å². The lowest BCUT2D eigenvalue weighted by atomic mass is 10.3. The summed E-state index contributed by atoms with van der Waals surface area (Å²) in [5.74, 6) is 0. The van der Waals surface area contributed by atoms with E-state index < -0.39 is 19.1 Å². The average Bonchev–Trinajstić information content (AvgIpc) is 2.40. The Bertz CT molecular complexity index is 629. The van der Waals surface area contributed by atoms with E-state index in [0.29, 0.717) is 5.66 Å². The second-order valence-corrected chi connectivity index (χ2v) is 9.01. The minimum Gasteiger partial charge on any atom is -0.606 e. The average molecular weight is 289 g/mol. The first-order chi connectivity index (χ1) is 9.11. The molecule has 1 aliphatic rings. The van der Waals surface area contributed by atoms with Crippen molar-refractivity contribution in [1.29, 1.82) is 0 Å². The summed E-state index contributed by atoms with van der Waals surface area (Å²) in [6.07, 6.45) is 0. The lowest BCUT2D eigenvalue weighted by Gasteiger charge is -2.32. The zero-order valence-corrected chi connectivity index (χ0v) is 12.7. The molecule has 0 radical (unpaired) electrons. The minimum absolute atomic E-state index is 0.483. The number of fused-ring (bicyclic) bond motifs is 2. The molecule has 19 heavy (non-hydrogen) atoms. The fourth-order valence-electron chi connectivity index (χ4n) is 2.53. The Kier molecular flexibility index (Phi) is 3.30. The first-order valence-corrected chi connectivity index (χ1v) is 8.86. The molecule has 2 atom stereocenters. The SMILES string of the molecule is CC(C)P1c2ccccc2[S+]([O-])c2cccc(N)c21. The largest absolute Gasteiger partial charge is 0.606 e. The molecule has 1 aliphatic heterocycles. The van der Waals surface area contributed by atoms with E-state index in [0.717, 1.165) is 20.8 Å². The lowest BCUT2D eigenvalue weighted by Crippen LogP contribution is -2.33. The van der Waals surface area contributed by atoms with E-state index >= 15 is 0 Å². The van der Waals surface area contributed by atoms with Gasteiger partial charge in [0, 0.05) is 22.2 Å². The maximum atomic E-state index is 12.7. The van der Waals surface area contributed by atoms with Gasteiger partial charge in [0.2, 0.25) is 0 Å². The fourth-order valence-corrected chi connectivity index (χ4v) is 7.35. The Morgan fingerprint density at radius 3 is 2.47 bits per heavy atom. The van der Waals surface area contributed by atoms with Crippen LogP contribution in [0.3, 0.4) is 0 Å². The highest BCUT2D eigenvalue weighted by molar-refractivity contribution is 7.94. The van der Waals surface area contributed by atoms with Gasteiger partial charge in [0.05, 0.1) is 5.30 Å². The molecule has 0 bridgehead atoms. The van der Waals surface area contributed by atoms with Gasteiger partial charge in [-0.3, -0.25) is 0 Å². The predicted molar refractivity (Wildman–Crippen MR) is 83.3 cm³/mol. The summed E-state index contributed by atoms with van der Waals surface area (Å²) in [7, 11) is -0.528. The zero-order valence-electron chi connectivity index (χ0n) is 11.0. The van der Waals surface area contributed by atoms with Crippen LogP contribution in [0.15, 0.2) is 52.3 Å². The van der Waals surface area contributed by atoms with E-state index in [2.05, 4.69) is 19.9 Å². The van der Waals surface area contributed by atoms with Crippen LogP contribution in [-0.4, -0.2) is 10.2 Å². The molecule has 1 heterocycles. The van der Waals surface area contributed by atoms with Crippen molar-refractivity contribution in [2.24, 2.45) is 0 Å². The van der Waals surface area contributed by atoms with Crippen LogP contribution in [0.4, 0.5) is 5.69 Å². The summed E-state index contributed by atoms with van der Waals surface area (Å²) in [6, 6.07) is 13.8. The van der Waals surface area contributed by atoms with Gasteiger partial charge < -0.3 is 10.3 Å². The Hall–Kier alpha value is -1.02. The lowest BCUT2D eigenvalue weighted by molar-refractivity contribution is 0.596. The minimum atomic E-state index is -1.10. The van der Waals surface area contributed by atoms with Gasteiger partial charge in [-0.15, -0.1) is 0 Å². The van der Waals surface area contributed by atoms with Gasteiger partial charge in [-0.2, -0.15) is 0 Å². The molecule has 0 saturated carbocycles. The molecule has 0 spiro atoms. The van der Waals surface area contributed by atoms with Gasteiger partial charge in [-0.05, 0) is 37.8 Å². The van der Waals surface area contributed by atoms with Crippen LogP contribution in [0.5, 0.6) is 0 Å². The topological polar surface area (TPSA) is 49.1 Å². The van der Waals surface area contributed by atoms with Gasteiger partial charge in [0.1, 0.15) is 0 Å². The maximum Gasteiger partial charge on any atom is 0.168 e. The summed E-state index contributed by atoms with van der Waals surface area (Å²) in [4.78, 5) is 1.86. The number of benzene rings is 2. The third-order valence-electron chi connectivity index (χ3n) is 3.31. The molecule has 98 valence electrons. The van der Waals surface area contributed by atoms with E-state index in [1.807, 2.05) is 36.4 Å². The summed E-state index contributed by atoms with van der Waals surface area (Å²) in [5.41, 5.74) is 7.43. The molecule has 0 amide bonds. The van der Waals surface area contributed by atoms with Crippen LogP contribution >= 0.6 is 7.92 Å². The second kappa shape index (κ2) is 4.82. The number of nitrogen functional groups attached to an aromatic ring is 1. The molecule has 2 nitrogen and oxygen atoms in total. The maximum absolute atomic E-state index is 12.7. The Balaban J connectivity index is 2.31. The zero-order chi connectivity index (χ0) is 13.6. The van der Waals surface area contributed by atoms with Crippen LogP contribution in [0.2, 0.25) is 0 Å². The Morgan fingerprint density at radius 2 is 1.74 bits per heavy atom. The molecule has 2 N–H and O–H groups in total. The third kappa shape index (κ3) is 1.97. The van der Waals surface area contributed by atoms with Crippen molar-refractivity contribution in [3.8, 4) is 0 Å². The number of nitrogens with two attached hydrogens (primary N) is 1. The van der Waals surface area contributed by atoms with Gasteiger partial charge in [-0.1, -0.05) is 32.0 Å². The van der Waals surface area contributed by atoms with Crippen molar-refractivity contribution >= 4 is 35.4 Å². The van der Waals surface area contributed by atoms with Crippen molar-refractivity contribution in [3.05, 3.63) is 42.5 Å². The molecule has 2 aromatic carbocycles. The third-order valence-corrected chi connectivity index (χ3v) is 8.03. The smallest absolute Gasteiger partial charge is 0.168 e. The van der Waals surface area contributed by atoms with Gasteiger partial charge >= 0.3 is 0 Å². The monoisotopic (exact) mass is 289 g/mol.